The van der Waals surface area contributed by atoms with Crippen molar-refractivity contribution < 1.29 is 4.74 Å². The largest absolute Gasteiger partial charge is 0.377 e. The molecule has 5 nitrogen and oxygen atoms in total. The molecule has 1 aromatic carbocycles. The molecule has 3 rings (SSSR count). The van der Waals surface area contributed by atoms with Gasteiger partial charge in [0.25, 0.3) is 0 Å². The van der Waals surface area contributed by atoms with Gasteiger partial charge in [-0.2, -0.15) is 5.10 Å². The highest BCUT2D eigenvalue weighted by Gasteiger charge is 2.34. The Morgan fingerprint density at radius 3 is 2.58 bits per heavy atom. The van der Waals surface area contributed by atoms with Gasteiger partial charge in [0.15, 0.2) is 5.82 Å². The quantitative estimate of drug-likeness (QED) is 0.876. The summed E-state index contributed by atoms with van der Waals surface area (Å²) < 4.78 is 8.14. The molecular formula is C21H32N4O. The van der Waals surface area contributed by atoms with Gasteiger partial charge < -0.3 is 10.5 Å². The van der Waals surface area contributed by atoms with Gasteiger partial charge in [-0.25, -0.2) is 9.67 Å². The third-order valence-electron chi connectivity index (χ3n) is 5.04. The number of benzene rings is 1. The first kappa shape index (κ1) is 19.1. The van der Waals surface area contributed by atoms with Crippen molar-refractivity contribution in [1.29, 1.82) is 0 Å². The van der Waals surface area contributed by atoms with Crippen LogP contribution in [0, 0.1) is 0 Å². The second-order valence-electron chi connectivity index (χ2n) is 8.33. The fraction of sp³-hybridized carbons (Fsp3) is 0.619. The van der Waals surface area contributed by atoms with Gasteiger partial charge in [-0.3, -0.25) is 0 Å². The predicted molar refractivity (Wildman–Crippen MR) is 105 cm³/mol. The summed E-state index contributed by atoms with van der Waals surface area (Å²) in [7, 11) is 0. The Morgan fingerprint density at radius 1 is 1.19 bits per heavy atom. The summed E-state index contributed by atoms with van der Waals surface area (Å²) in [5, 5.41) is 4.87. The van der Waals surface area contributed by atoms with Crippen LogP contribution in [-0.4, -0.2) is 33.5 Å². The molecule has 1 aliphatic carbocycles. The van der Waals surface area contributed by atoms with E-state index in [1.54, 1.807) is 0 Å². The molecule has 1 saturated carbocycles. The summed E-state index contributed by atoms with van der Waals surface area (Å²) in [6.07, 6.45) is 4.06. The molecule has 0 bridgehead atoms. The van der Waals surface area contributed by atoms with Gasteiger partial charge in [-0.15, -0.1) is 0 Å². The molecule has 142 valence electrons. The fourth-order valence-electron chi connectivity index (χ4n) is 3.64. The van der Waals surface area contributed by atoms with E-state index in [0.717, 1.165) is 49.5 Å². The predicted octanol–water partition coefficient (Wildman–Crippen LogP) is 4.09. The number of rotatable bonds is 5. The molecule has 1 aromatic heterocycles. The lowest BCUT2D eigenvalue weighted by Gasteiger charge is -2.34. The zero-order valence-corrected chi connectivity index (χ0v) is 16.5. The van der Waals surface area contributed by atoms with Crippen LogP contribution < -0.4 is 5.73 Å². The van der Waals surface area contributed by atoms with Crippen LogP contribution in [0.2, 0.25) is 0 Å². The molecule has 0 radical (unpaired) electrons. The van der Waals surface area contributed by atoms with Crippen LogP contribution in [-0.2, 0) is 10.3 Å². The summed E-state index contributed by atoms with van der Waals surface area (Å²) in [6, 6.07) is 10.3. The molecule has 0 aliphatic heterocycles. The van der Waals surface area contributed by atoms with Crippen LogP contribution in [0.1, 0.15) is 65.1 Å². The van der Waals surface area contributed by atoms with Gasteiger partial charge in [0, 0.05) is 24.1 Å². The van der Waals surface area contributed by atoms with Gasteiger partial charge >= 0.3 is 0 Å². The van der Waals surface area contributed by atoms with E-state index in [1.165, 1.54) is 0 Å². The van der Waals surface area contributed by atoms with E-state index in [2.05, 4.69) is 44.5 Å². The minimum absolute atomic E-state index is 0.110. The van der Waals surface area contributed by atoms with Crippen LogP contribution in [0.5, 0.6) is 0 Å². The van der Waals surface area contributed by atoms with Crippen LogP contribution in [0.15, 0.2) is 30.3 Å². The molecule has 5 heteroatoms. The first-order chi connectivity index (χ1) is 12.4. The van der Waals surface area contributed by atoms with Crippen molar-refractivity contribution in [2.24, 2.45) is 5.73 Å². The van der Waals surface area contributed by atoms with Crippen molar-refractivity contribution in [2.75, 3.05) is 6.61 Å². The monoisotopic (exact) mass is 356 g/mol. The molecule has 1 heterocycles. The molecule has 0 saturated heterocycles. The van der Waals surface area contributed by atoms with Crippen LogP contribution >= 0.6 is 0 Å². The maximum absolute atomic E-state index is 6.31. The SMILES string of the molecule is CCCO[C@@H]1C[C@@H](c2nc(-c3ccccc3)nn2C(C)(C)C)CC[C@H]1N. The van der Waals surface area contributed by atoms with Crippen LogP contribution in [0.25, 0.3) is 11.4 Å². The lowest BCUT2D eigenvalue weighted by molar-refractivity contribution is 0.00822. The van der Waals surface area contributed by atoms with E-state index in [4.69, 9.17) is 20.6 Å². The Morgan fingerprint density at radius 2 is 1.92 bits per heavy atom. The molecule has 1 aliphatic rings. The van der Waals surface area contributed by atoms with Gasteiger partial charge in [0.1, 0.15) is 5.82 Å². The minimum Gasteiger partial charge on any atom is -0.377 e. The molecule has 0 unspecified atom stereocenters. The summed E-state index contributed by atoms with van der Waals surface area (Å²) in [5.74, 6) is 2.20. The molecular weight excluding hydrogens is 324 g/mol. The third kappa shape index (κ3) is 4.15. The zero-order chi connectivity index (χ0) is 18.7. The molecule has 2 N–H and O–H groups in total. The molecule has 3 atom stereocenters. The highest BCUT2D eigenvalue weighted by atomic mass is 16.5. The minimum atomic E-state index is -0.116. The van der Waals surface area contributed by atoms with E-state index in [0.29, 0.717) is 5.92 Å². The second kappa shape index (κ2) is 7.89. The highest BCUT2D eigenvalue weighted by Crippen LogP contribution is 2.35. The van der Waals surface area contributed by atoms with Crippen molar-refractivity contribution in [3.05, 3.63) is 36.2 Å². The van der Waals surface area contributed by atoms with Crippen LogP contribution in [0.3, 0.4) is 0 Å². The van der Waals surface area contributed by atoms with Crippen LogP contribution in [0.4, 0.5) is 0 Å². The van der Waals surface area contributed by atoms with Crippen molar-refractivity contribution in [2.45, 2.75) is 77.0 Å². The first-order valence-electron chi connectivity index (χ1n) is 9.80. The maximum Gasteiger partial charge on any atom is 0.181 e. The summed E-state index contributed by atoms with van der Waals surface area (Å²) in [4.78, 5) is 4.97. The van der Waals surface area contributed by atoms with Crippen molar-refractivity contribution in [3.8, 4) is 11.4 Å². The maximum atomic E-state index is 6.31. The Bertz CT molecular complexity index is 705. The molecule has 26 heavy (non-hydrogen) atoms. The molecule has 2 aromatic rings. The normalized spacial score (nSPS) is 24.0. The smallest absolute Gasteiger partial charge is 0.181 e. The molecule has 1 fully saturated rings. The Balaban J connectivity index is 1.92. The van der Waals surface area contributed by atoms with Crippen molar-refractivity contribution >= 4 is 0 Å². The van der Waals surface area contributed by atoms with E-state index < -0.39 is 0 Å². The number of nitrogens with two attached hydrogens (primary N) is 1. The number of aromatic nitrogens is 3. The lowest BCUT2D eigenvalue weighted by Crippen LogP contribution is -2.42. The second-order valence-corrected chi connectivity index (χ2v) is 8.33. The topological polar surface area (TPSA) is 66.0 Å². The van der Waals surface area contributed by atoms with Gasteiger partial charge in [0.2, 0.25) is 0 Å². The average molecular weight is 357 g/mol. The summed E-state index contributed by atoms with van der Waals surface area (Å²) >= 11 is 0. The van der Waals surface area contributed by atoms with E-state index in [9.17, 15) is 0 Å². The van der Waals surface area contributed by atoms with E-state index in [-0.39, 0.29) is 17.7 Å². The molecule has 0 amide bonds. The number of hydrogen-bond acceptors (Lipinski definition) is 4. The standard InChI is InChI=1S/C21H32N4O/c1-5-13-26-18-14-16(11-12-17(18)22)20-23-19(15-9-7-6-8-10-15)24-25(20)21(2,3)4/h6-10,16-18H,5,11-14,22H2,1-4H3/t16-,17+,18+/m0/s1. The summed E-state index contributed by atoms with van der Waals surface area (Å²) in [6.45, 7) is 9.44. The lowest BCUT2D eigenvalue weighted by atomic mass is 9.83. The van der Waals surface area contributed by atoms with Gasteiger partial charge in [-0.1, -0.05) is 37.3 Å². The number of ether oxygens (including phenoxy) is 1. The highest BCUT2D eigenvalue weighted by molar-refractivity contribution is 5.54. The Kier molecular flexibility index (Phi) is 5.78. The van der Waals surface area contributed by atoms with Gasteiger partial charge in [0.05, 0.1) is 11.6 Å². The molecule has 0 spiro atoms. The number of hydrogen-bond donors (Lipinski definition) is 1. The van der Waals surface area contributed by atoms with Crippen molar-refractivity contribution in [3.63, 3.8) is 0 Å². The zero-order valence-electron chi connectivity index (χ0n) is 16.5. The van der Waals surface area contributed by atoms with Gasteiger partial charge in [-0.05, 0) is 46.5 Å². The Labute approximate surface area is 157 Å². The summed E-state index contributed by atoms with van der Waals surface area (Å²) in [5.41, 5.74) is 7.25. The van der Waals surface area contributed by atoms with E-state index in [1.807, 2.05) is 18.2 Å². The van der Waals surface area contributed by atoms with E-state index >= 15 is 0 Å². The Hall–Kier alpha value is -1.72. The fourth-order valence-corrected chi connectivity index (χ4v) is 3.64. The average Bonchev–Trinajstić information content (AvgIpc) is 3.08. The number of nitrogens with zero attached hydrogens (tertiary/aromatic N) is 3. The third-order valence-corrected chi connectivity index (χ3v) is 5.04. The first-order valence-corrected chi connectivity index (χ1v) is 9.80. The van der Waals surface area contributed by atoms with Crippen molar-refractivity contribution in [1.82, 2.24) is 14.8 Å².